The summed E-state index contributed by atoms with van der Waals surface area (Å²) in [5.41, 5.74) is 3.52. The first kappa shape index (κ1) is 25.5. The number of carbonyl (C=O) groups is 1. The van der Waals surface area contributed by atoms with E-state index in [-0.39, 0.29) is 17.2 Å². The number of fused-ring (bicyclic) bond motifs is 3. The number of aromatic nitrogens is 3. The quantitative estimate of drug-likeness (QED) is 0.254. The third-order valence-corrected chi connectivity index (χ3v) is 7.17. The number of methoxy groups -OCH3 is 1. The van der Waals surface area contributed by atoms with Crippen molar-refractivity contribution in [3.8, 4) is 11.4 Å². The Hall–Kier alpha value is -4.10. The Morgan fingerprint density at radius 2 is 1.79 bits per heavy atom. The highest BCUT2D eigenvalue weighted by atomic mass is 35.5. The van der Waals surface area contributed by atoms with Crippen LogP contribution in [0.4, 0.5) is 5.69 Å². The molecule has 0 bridgehead atoms. The number of ether oxygens (including phenoxy) is 1. The Morgan fingerprint density at radius 3 is 2.45 bits per heavy atom. The summed E-state index contributed by atoms with van der Waals surface area (Å²) >= 11 is 6.40. The molecule has 2 heterocycles. The summed E-state index contributed by atoms with van der Waals surface area (Å²) in [6, 6.07) is 20.7. The van der Waals surface area contributed by atoms with Crippen molar-refractivity contribution in [2.24, 2.45) is 7.05 Å². The average molecular weight is 529 g/mol. The number of rotatable bonds is 7. The predicted octanol–water partition coefficient (Wildman–Crippen LogP) is 6.16. The fourth-order valence-electron chi connectivity index (χ4n) is 4.90. The van der Waals surface area contributed by atoms with Gasteiger partial charge in [-0.25, -0.2) is 0 Å². The lowest BCUT2D eigenvalue weighted by Gasteiger charge is -2.23. The summed E-state index contributed by atoms with van der Waals surface area (Å²) in [6.07, 6.45) is 1.67. The fourth-order valence-corrected chi connectivity index (χ4v) is 5.15. The average Bonchev–Trinajstić information content (AvgIpc) is 3.24. The molecule has 0 aliphatic rings. The lowest BCUT2D eigenvalue weighted by Crippen LogP contribution is -2.35. The molecular formula is C30H29ClN4O3. The summed E-state index contributed by atoms with van der Waals surface area (Å²) < 4.78 is 8.36. The van der Waals surface area contributed by atoms with Crippen molar-refractivity contribution in [2.75, 3.05) is 18.6 Å². The van der Waals surface area contributed by atoms with Gasteiger partial charge in [-0.05, 0) is 54.8 Å². The fraction of sp³-hybridized carbons (Fsp3) is 0.233. The molecule has 0 radical (unpaired) electrons. The number of hydrogen-bond donors (Lipinski definition) is 0. The van der Waals surface area contributed by atoms with Crippen molar-refractivity contribution in [3.05, 3.63) is 93.4 Å². The molecular weight excluding hydrogens is 500 g/mol. The molecule has 194 valence electrons. The van der Waals surface area contributed by atoms with Crippen molar-refractivity contribution in [1.29, 1.82) is 0 Å². The van der Waals surface area contributed by atoms with E-state index in [9.17, 15) is 9.59 Å². The molecule has 1 amide bonds. The highest BCUT2D eigenvalue weighted by Gasteiger charge is 2.27. The molecule has 0 atom stereocenters. The van der Waals surface area contributed by atoms with Crippen molar-refractivity contribution in [2.45, 2.75) is 26.7 Å². The van der Waals surface area contributed by atoms with E-state index >= 15 is 0 Å². The van der Waals surface area contributed by atoms with Crippen LogP contribution in [0, 0.1) is 0 Å². The van der Waals surface area contributed by atoms with Crippen LogP contribution in [0.1, 0.15) is 36.3 Å². The van der Waals surface area contributed by atoms with E-state index in [0.717, 1.165) is 29.4 Å². The number of hydrogen-bond acceptors (Lipinski definition) is 4. The highest BCUT2D eigenvalue weighted by molar-refractivity contribution is 6.32. The van der Waals surface area contributed by atoms with Gasteiger partial charge in [0.05, 0.1) is 17.8 Å². The van der Waals surface area contributed by atoms with Gasteiger partial charge in [-0.15, -0.1) is 0 Å². The lowest BCUT2D eigenvalue weighted by atomic mass is 10.1. The van der Waals surface area contributed by atoms with Crippen LogP contribution in [0.25, 0.3) is 27.5 Å². The second-order valence-electron chi connectivity index (χ2n) is 9.16. The minimum Gasteiger partial charge on any atom is -0.495 e. The SMILES string of the molecule is CCCN(C(=O)c1nn(-c2ccc(OC)c(Cl)c2)c(=O)c2c1c1ccccc1n2C)c1ccc(CC)cc1. The molecule has 0 aliphatic heterocycles. The number of aryl methyl sites for hydroxylation is 2. The minimum absolute atomic E-state index is 0.205. The molecule has 3 aromatic carbocycles. The molecule has 0 spiro atoms. The topological polar surface area (TPSA) is 69.4 Å². The van der Waals surface area contributed by atoms with E-state index in [1.165, 1.54) is 17.4 Å². The van der Waals surface area contributed by atoms with Crippen LogP contribution in [0.2, 0.25) is 5.02 Å². The zero-order valence-corrected chi connectivity index (χ0v) is 22.6. The predicted molar refractivity (Wildman–Crippen MR) is 153 cm³/mol. The molecule has 0 saturated carbocycles. The zero-order chi connectivity index (χ0) is 27.0. The number of para-hydroxylation sites is 1. The van der Waals surface area contributed by atoms with Crippen LogP contribution in [0.5, 0.6) is 5.75 Å². The molecule has 0 aliphatic carbocycles. The van der Waals surface area contributed by atoms with Gasteiger partial charge in [-0.1, -0.05) is 55.8 Å². The van der Waals surface area contributed by atoms with Gasteiger partial charge in [-0.2, -0.15) is 9.78 Å². The summed E-state index contributed by atoms with van der Waals surface area (Å²) in [5, 5.41) is 6.38. The number of benzene rings is 3. The van der Waals surface area contributed by atoms with E-state index in [1.54, 1.807) is 23.1 Å². The number of amides is 1. The van der Waals surface area contributed by atoms with Crippen molar-refractivity contribution in [3.63, 3.8) is 0 Å². The maximum absolute atomic E-state index is 14.3. The molecule has 5 aromatic rings. The van der Waals surface area contributed by atoms with E-state index < -0.39 is 0 Å². The largest absolute Gasteiger partial charge is 0.495 e. The van der Waals surface area contributed by atoms with Gasteiger partial charge in [0.2, 0.25) is 0 Å². The Balaban J connectivity index is 1.80. The number of anilines is 1. The normalized spacial score (nSPS) is 11.3. The Bertz CT molecular complexity index is 1720. The smallest absolute Gasteiger partial charge is 0.296 e. The van der Waals surface area contributed by atoms with E-state index in [4.69, 9.17) is 21.4 Å². The molecule has 0 N–H and O–H groups in total. The van der Waals surface area contributed by atoms with Crippen LogP contribution in [-0.4, -0.2) is 33.9 Å². The first-order chi connectivity index (χ1) is 18.4. The second kappa shape index (κ2) is 10.3. The second-order valence-corrected chi connectivity index (χ2v) is 9.57. The first-order valence-electron chi connectivity index (χ1n) is 12.6. The molecule has 38 heavy (non-hydrogen) atoms. The van der Waals surface area contributed by atoms with Gasteiger partial charge in [0, 0.05) is 35.6 Å². The molecule has 7 nitrogen and oxygen atoms in total. The summed E-state index contributed by atoms with van der Waals surface area (Å²) in [4.78, 5) is 29.9. The Labute approximate surface area is 225 Å². The summed E-state index contributed by atoms with van der Waals surface area (Å²) in [5.74, 6) is 0.209. The lowest BCUT2D eigenvalue weighted by molar-refractivity contribution is 0.0982. The summed E-state index contributed by atoms with van der Waals surface area (Å²) in [6.45, 7) is 4.63. The van der Waals surface area contributed by atoms with E-state index in [2.05, 4.69) is 6.92 Å². The van der Waals surface area contributed by atoms with Crippen molar-refractivity contribution >= 4 is 45.0 Å². The molecule has 0 saturated heterocycles. The minimum atomic E-state index is -0.342. The van der Waals surface area contributed by atoms with Gasteiger partial charge in [0.25, 0.3) is 11.5 Å². The number of nitrogens with zero attached hydrogens (tertiary/aromatic N) is 4. The van der Waals surface area contributed by atoms with Crippen molar-refractivity contribution in [1.82, 2.24) is 14.3 Å². The number of halogens is 1. The van der Waals surface area contributed by atoms with Crippen LogP contribution < -0.4 is 15.2 Å². The maximum atomic E-state index is 14.3. The van der Waals surface area contributed by atoms with Gasteiger partial charge in [0.1, 0.15) is 11.3 Å². The van der Waals surface area contributed by atoms with Crippen LogP contribution in [0.3, 0.4) is 0 Å². The van der Waals surface area contributed by atoms with Crippen molar-refractivity contribution < 1.29 is 9.53 Å². The monoisotopic (exact) mass is 528 g/mol. The van der Waals surface area contributed by atoms with Gasteiger partial charge < -0.3 is 14.2 Å². The Morgan fingerprint density at radius 1 is 1.05 bits per heavy atom. The van der Waals surface area contributed by atoms with Gasteiger partial charge in [-0.3, -0.25) is 9.59 Å². The molecule has 0 unspecified atom stereocenters. The third kappa shape index (κ3) is 4.23. The van der Waals surface area contributed by atoms with E-state index in [1.807, 2.05) is 67.1 Å². The van der Waals surface area contributed by atoms with Gasteiger partial charge in [0.15, 0.2) is 5.69 Å². The maximum Gasteiger partial charge on any atom is 0.296 e. The van der Waals surface area contributed by atoms with Gasteiger partial charge >= 0.3 is 0 Å². The third-order valence-electron chi connectivity index (χ3n) is 6.87. The molecule has 8 heteroatoms. The molecule has 0 fully saturated rings. The first-order valence-corrected chi connectivity index (χ1v) is 13.0. The molecule has 5 rings (SSSR count). The summed E-state index contributed by atoms with van der Waals surface area (Å²) in [7, 11) is 3.36. The standard InChI is InChI=1S/C30H29ClN4O3/c1-5-17-34(20-13-11-19(6-2)12-14-20)29(36)27-26-22-9-7-8-10-24(22)33(3)28(26)30(37)35(32-27)21-15-16-25(38-4)23(31)18-21/h7-16,18H,5-6,17H2,1-4H3. The van der Waals surface area contributed by atoms with E-state index in [0.29, 0.717) is 33.9 Å². The van der Waals surface area contributed by atoms with Crippen LogP contribution >= 0.6 is 11.6 Å². The van der Waals surface area contributed by atoms with Crippen LogP contribution in [0.15, 0.2) is 71.5 Å². The zero-order valence-electron chi connectivity index (χ0n) is 21.9. The van der Waals surface area contributed by atoms with Crippen LogP contribution in [-0.2, 0) is 13.5 Å². The number of carbonyl (C=O) groups excluding carboxylic acids is 1. The highest BCUT2D eigenvalue weighted by Crippen LogP contribution is 2.31. The Kier molecular flexibility index (Phi) is 6.95. The molecule has 2 aromatic heterocycles.